The van der Waals surface area contributed by atoms with Gasteiger partial charge >= 0.3 is 0 Å². The molecule has 9 aromatic rings. The smallest absolute Gasteiger partial charge is 0.221 e. The van der Waals surface area contributed by atoms with Crippen molar-refractivity contribution in [1.82, 2.24) is 28.3 Å². The van der Waals surface area contributed by atoms with Crippen LogP contribution in [0.25, 0.3) is 61.0 Å². The number of hydrogen-bond donors (Lipinski definition) is 0. The SMILES string of the molecule is Cc1cccc2c1nc1n(-c3cc(C(C)(C)C)ccn3)c3cc(Oc4ccc5c(c4)c4ncc6n4c4c(cccc54)C(C)(C)C6(C)C)ccc3n21. The van der Waals surface area contributed by atoms with E-state index < -0.39 is 0 Å². The molecule has 0 radical (unpaired) electrons. The van der Waals surface area contributed by atoms with Gasteiger partial charge in [0.25, 0.3) is 0 Å². The zero-order chi connectivity index (χ0) is 35.2. The van der Waals surface area contributed by atoms with Crippen molar-refractivity contribution in [2.75, 3.05) is 0 Å². The van der Waals surface area contributed by atoms with Crippen LogP contribution in [0.5, 0.6) is 11.5 Å². The lowest BCUT2D eigenvalue weighted by atomic mass is 9.61. The molecule has 4 aromatic carbocycles. The molecule has 0 N–H and O–H groups in total. The van der Waals surface area contributed by atoms with E-state index in [9.17, 15) is 0 Å². The third-order valence-corrected chi connectivity index (χ3v) is 12.0. The number of ether oxygens (including phenoxy) is 1. The molecule has 0 atom stereocenters. The molecule has 0 fully saturated rings. The van der Waals surface area contributed by atoms with E-state index in [0.29, 0.717) is 0 Å². The van der Waals surface area contributed by atoms with E-state index in [1.54, 1.807) is 0 Å². The highest BCUT2D eigenvalue weighted by Crippen LogP contribution is 2.51. The Morgan fingerprint density at radius 1 is 0.686 bits per heavy atom. The molecule has 1 aliphatic heterocycles. The van der Waals surface area contributed by atoms with Gasteiger partial charge in [-0.15, -0.1) is 0 Å². The number of benzene rings is 4. The summed E-state index contributed by atoms with van der Waals surface area (Å²) >= 11 is 0. The average Bonchev–Trinajstić information content (AvgIpc) is 3.80. The van der Waals surface area contributed by atoms with Crippen LogP contribution in [-0.4, -0.2) is 28.3 Å². The topological polar surface area (TPSA) is 61.6 Å². The van der Waals surface area contributed by atoms with E-state index in [0.717, 1.165) is 61.8 Å². The molecule has 252 valence electrons. The largest absolute Gasteiger partial charge is 0.457 e. The molecule has 6 heterocycles. The van der Waals surface area contributed by atoms with Gasteiger partial charge in [-0.2, -0.15) is 0 Å². The van der Waals surface area contributed by atoms with E-state index in [1.165, 1.54) is 33.1 Å². The zero-order valence-corrected chi connectivity index (χ0v) is 30.3. The molecular formula is C44H40N6O. The summed E-state index contributed by atoms with van der Waals surface area (Å²) in [5, 5.41) is 3.49. The van der Waals surface area contributed by atoms with E-state index in [4.69, 9.17) is 19.7 Å². The fourth-order valence-electron chi connectivity index (χ4n) is 8.41. The Kier molecular flexibility index (Phi) is 5.77. The molecule has 1 aliphatic rings. The number of aromatic nitrogens is 6. The maximum absolute atomic E-state index is 6.72. The third-order valence-electron chi connectivity index (χ3n) is 12.0. The second kappa shape index (κ2) is 9.75. The summed E-state index contributed by atoms with van der Waals surface area (Å²) in [4.78, 5) is 15.1. The summed E-state index contributed by atoms with van der Waals surface area (Å²) in [5.41, 5.74) is 11.1. The van der Waals surface area contributed by atoms with Crippen molar-refractivity contribution in [3.63, 3.8) is 0 Å². The molecule has 0 saturated heterocycles. The fourth-order valence-corrected chi connectivity index (χ4v) is 8.41. The molecule has 0 amide bonds. The van der Waals surface area contributed by atoms with Crippen LogP contribution >= 0.6 is 0 Å². The van der Waals surface area contributed by atoms with Gasteiger partial charge in [-0.25, -0.2) is 15.0 Å². The molecule has 10 rings (SSSR count). The van der Waals surface area contributed by atoms with Crippen LogP contribution in [0.15, 0.2) is 97.3 Å². The minimum absolute atomic E-state index is 0.0312. The molecule has 5 aromatic heterocycles. The third kappa shape index (κ3) is 3.92. The van der Waals surface area contributed by atoms with Crippen LogP contribution < -0.4 is 4.74 Å². The number of aryl methyl sites for hydroxylation is 1. The van der Waals surface area contributed by atoms with Crippen molar-refractivity contribution in [3.05, 3.63) is 120 Å². The number of para-hydroxylation sites is 2. The predicted molar refractivity (Wildman–Crippen MR) is 207 cm³/mol. The summed E-state index contributed by atoms with van der Waals surface area (Å²) in [6, 6.07) is 30.1. The van der Waals surface area contributed by atoms with Gasteiger partial charge in [-0.3, -0.25) is 13.4 Å². The van der Waals surface area contributed by atoms with Crippen LogP contribution in [0.4, 0.5) is 0 Å². The first-order valence-electron chi connectivity index (χ1n) is 17.8. The molecule has 0 spiro atoms. The highest BCUT2D eigenvalue weighted by atomic mass is 16.5. The van der Waals surface area contributed by atoms with Crippen molar-refractivity contribution >= 4 is 55.2 Å². The van der Waals surface area contributed by atoms with Crippen molar-refractivity contribution < 1.29 is 4.74 Å². The minimum atomic E-state index is -0.106. The van der Waals surface area contributed by atoms with E-state index in [2.05, 4.69) is 160 Å². The first-order valence-corrected chi connectivity index (χ1v) is 17.8. The number of nitrogens with zero attached hydrogens (tertiary/aromatic N) is 6. The number of pyridine rings is 2. The van der Waals surface area contributed by atoms with Crippen LogP contribution in [0, 0.1) is 6.92 Å². The summed E-state index contributed by atoms with van der Waals surface area (Å²) in [7, 11) is 0. The summed E-state index contributed by atoms with van der Waals surface area (Å²) < 4.78 is 13.5. The Bertz CT molecular complexity index is 2950. The Labute approximate surface area is 296 Å². The van der Waals surface area contributed by atoms with Gasteiger partial charge in [0, 0.05) is 45.8 Å². The summed E-state index contributed by atoms with van der Waals surface area (Å²) in [5.74, 6) is 3.15. The highest BCUT2D eigenvalue weighted by Gasteiger charge is 2.46. The standard InChI is InChI=1S/C44H40N6O/c1-25-11-9-14-34-38(25)47-41-48(34)33-18-16-28(23-35(33)49(41)37-21-26(19-20-45-37)42(2,3)4)51-27-15-17-29-30-12-10-13-32-39(30)50-36(44(7,8)43(32,5)6)24-46-40(50)31(29)22-27/h9-24H,1-8H3. The van der Waals surface area contributed by atoms with Gasteiger partial charge in [0.2, 0.25) is 5.78 Å². The molecule has 51 heavy (non-hydrogen) atoms. The summed E-state index contributed by atoms with van der Waals surface area (Å²) in [6.45, 7) is 18.2. The van der Waals surface area contributed by atoms with Gasteiger partial charge in [0.15, 0.2) is 0 Å². The second-order valence-electron chi connectivity index (χ2n) is 16.4. The van der Waals surface area contributed by atoms with Crippen molar-refractivity contribution in [2.45, 2.75) is 71.6 Å². The molecule has 0 unspecified atom stereocenters. The van der Waals surface area contributed by atoms with Gasteiger partial charge in [0.1, 0.15) is 23.0 Å². The molecule has 7 nitrogen and oxygen atoms in total. The van der Waals surface area contributed by atoms with Crippen molar-refractivity contribution in [3.8, 4) is 17.3 Å². The van der Waals surface area contributed by atoms with Gasteiger partial charge < -0.3 is 4.74 Å². The Morgan fingerprint density at radius 3 is 2.29 bits per heavy atom. The minimum Gasteiger partial charge on any atom is -0.457 e. The molecule has 7 heteroatoms. The number of rotatable bonds is 3. The number of hydrogen-bond acceptors (Lipinski definition) is 4. The van der Waals surface area contributed by atoms with Crippen LogP contribution in [0.1, 0.15) is 70.9 Å². The maximum Gasteiger partial charge on any atom is 0.221 e. The lowest BCUT2D eigenvalue weighted by Crippen LogP contribution is -2.44. The van der Waals surface area contributed by atoms with Crippen molar-refractivity contribution in [2.24, 2.45) is 0 Å². The highest BCUT2D eigenvalue weighted by molar-refractivity contribution is 6.13. The van der Waals surface area contributed by atoms with Crippen molar-refractivity contribution in [1.29, 1.82) is 0 Å². The van der Waals surface area contributed by atoms with Crippen LogP contribution in [0.3, 0.4) is 0 Å². The lowest BCUT2D eigenvalue weighted by molar-refractivity contribution is 0.288. The molecule has 0 bridgehead atoms. The van der Waals surface area contributed by atoms with Gasteiger partial charge in [-0.1, -0.05) is 78.8 Å². The zero-order valence-electron chi connectivity index (χ0n) is 30.3. The molecular weight excluding hydrogens is 629 g/mol. The maximum atomic E-state index is 6.72. The van der Waals surface area contributed by atoms with Crippen LogP contribution in [0.2, 0.25) is 0 Å². The van der Waals surface area contributed by atoms with E-state index in [1.807, 2.05) is 6.20 Å². The number of imidazole rings is 3. The second-order valence-corrected chi connectivity index (χ2v) is 16.4. The fraction of sp³-hybridized carbons (Fsp3) is 0.250. The summed E-state index contributed by atoms with van der Waals surface area (Å²) in [6.07, 6.45) is 3.98. The predicted octanol–water partition coefficient (Wildman–Crippen LogP) is 10.7. The molecule has 0 aliphatic carbocycles. The average molecular weight is 669 g/mol. The quantitative estimate of drug-likeness (QED) is 0.176. The van der Waals surface area contributed by atoms with E-state index >= 15 is 0 Å². The normalized spacial score (nSPS) is 15.4. The van der Waals surface area contributed by atoms with Crippen LogP contribution in [-0.2, 0) is 16.2 Å². The first-order chi connectivity index (χ1) is 24.3. The first kappa shape index (κ1) is 30.2. The Hall–Kier alpha value is -5.69. The monoisotopic (exact) mass is 668 g/mol. The van der Waals surface area contributed by atoms with Gasteiger partial charge in [-0.05, 0) is 82.9 Å². The number of fused-ring (bicyclic) bond motifs is 8. The lowest BCUT2D eigenvalue weighted by Gasteiger charge is -2.45. The molecule has 0 saturated carbocycles. The Balaban J connectivity index is 1.17. The Morgan fingerprint density at radius 2 is 1.47 bits per heavy atom. The van der Waals surface area contributed by atoms with E-state index in [-0.39, 0.29) is 16.2 Å². The van der Waals surface area contributed by atoms with Gasteiger partial charge in [0.05, 0.1) is 27.6 Å².